The lowest BCUT2D eigenvalue weighted by atomic mass is 9.72. The second kappa shape index (κ2) is 9.41. The maximum atomic E-state index is 14.3. The highest BCUT2D eigenvalue weighted by atomic mass is 32.1. The van der Waals surface area contributed by atoms with Crippen LogP contribution in [0.1, 0.15) is 58.3 Å². The van der Waals surface area contributed by atoms with E-state index in [1.807, 2.05) is 34.7 Å². The maximum Gasteiger partial charge on any atom is 0.418 e. The van der Waals surface area contributed by atoms with Crippen molar-refractivity contribution in [3.05, 3.63) is 98.1 Å². The Balaban J connectivity index is 1.29. The number of rotatable bonds is 6. The third-order valence-electron chi connectivity index (χ3n) is 8.15. The zero-order chi connectivity index (χ0) is 27.6. The second-order valence-corrected chi connectivity index (χ2v) is 11.7. The Labute approximate surface area is 231 Å². The van der Waals surface area contributed by atoms with Crippen molar-refractivity contribution < 1.29 is 13.2 Å². The van der Waals surface area contributed by atoms with Crippen molar-refractivity contribution in [2.75, 3.05) is 0 Å². The molecule has 1 aliphatic carbocycles. The van der Waals surface area contributed by atoms with E-state index in [4.69, 9.17) is 0 Å². The van der Waals surface area contributed by atoms with Crippen LogP contribution in [0.3, 0.4) is 0 Å². The van der Waals surface area contributed by atoms with Gasteiger partial charge in [0.05, 0.1) is 28.0 Å². The van der Waals surface area contributed by atoms with E-state index < -0.39 is 17.4 Å². The Hall–Kier alpha value is -3.77. The van der Waals surface area contributed by atoms with Crippen molar-refractivity contribution >= 4 is 16.9 Å². The fourth-order valence-electron chi connectivity index (χ4n) is 5.98. The summed E-state index contributed by atoms with van der Waals surface area (Å²) in [5.41, 5.74) is 3.13. The summed E-state index contributed by atoms with van der Waals surface area (Å²) in [6.45, 7) is 1.50. The van der Waals surface area contributed by atoms with Crippen molar-refractivity contribution in [1.82, 2.24) is 33.6 Å². The van der Waals surface area contributed by atoms with Crippen LogP contribution in [0, 0.1) is 5.92 Å². The second-order valence-electron chi connectivity index (χ2n) is 10.7. The molecular formula is C28H26F3N7OS. The first-order valence-corrected chi connectivity index (χ1v) is 14.1. The van der Waals surface area contributed by atoms with Crippen molar-refractivity contribution in [3.63, 3.8) is 0 Å². The van der Waals surface area contributed by atoms with Crippen LogP contribution in [0.2, 0.25) is 0 Å². The summed E-state index contributed by atoms with van der Waals surface area (Å²) in [6.07, 6.45) is 3.16. The molecule has 1 aliphatic heterocycles. The molecule has 0 bridgehead atoms. The SMILES string of the molecule is Cn1cnnc1[C@@H](c1cccc(-n2cc3c(C(F)(F)F)cc(CN4Cc5ncsc5C4)cn3c2=O)c1)C1CCC1. The average Bonchev–Trinajstić information content (AvgIpc) is 3.65. The van der Waals surface area contributed by atoms with E-state index in [-0.39, 0.29) is 18.0 Å². The van der Waals surface area contributed by atoms with Gasteiger partial charge in [0.2, 0.25) is 0 Å². The van der Waals surface area contributed by atoms with E-state index in [1.54, 1.807) is 29.2 Å². The number of thiazole rings is 1. The number of aromatic nitrogens is 6. The summed E-state index contributed by atoms with van der Waals surface area (Å²) in [5, 5.41) is 8.42. The normalized spacial score (nSPS) is 16.9. The molecule has 40 heavy (non-hydrogen) atoms. The molecule has 12 heteroatoms. The molecule has 0 amide bonds. The van der Waals surface area contributed by atoms with Gasteiger partial charge in [-0.05, 0) is 48.1 Å². The highest BCUT2D eigenvalue weighted by Gasteiger charge is 2.36. The lowest BCUT2D eigenvalue weighted by Gasteiger charge is -2.33. The quantitative estimate of drug-likeness (QED) is 0.285. The fraction of sp³-hybridized carbons (Fsp3) is 0.357. The largest absolute Gasteiger partial charge is 0.418 e. The van der Waals surface area contributed by atoms with E-state index >= 15 is 0 Å². The van der Waals surface area contributed by atoms with Crippen LogP contribution < -0.4 is 5.69 Å². The molecule has 8 nitrogen and oxygen atoms in total. The highest BCUT2D eigenvalue weighted by Crippen LogP contribution is 2.43. The Bertz CT molecular complexity index is 1760. The Kier molecular flexibility index (Phi) is 5.93. The molecule has 206 valence electrons. The number of hydrogen-bond acceptors (Lipinski definition) is 6. The summed E-state index contributed by atoms with van der Waals surface area (Å²) in [4.78, 5) is 21.1. The average molecular weight is 566 g/mol. The van der Waals surface area contributed by atoms with Gasteiger partial charge in [0.1, 0.15) is 12.2 Å². The fourth-order valence-corrected chi connectivity index (χ4v) is 6.80. The number of fused-ring (bicyclic) bond motifs is 2. The molecule has 0 radical (unpaired) electrons. The lowest BCUT2D eigenvalue weighted by Crippen LogP contribution is -2.24. The predicted molar refractivity (Wildman–Crippen MR) is 143 cm³/mol. The Morgan fingerprint density at radius 2 is 2.00 bits per heavy atom. The molecule has 1 atom stereocenters. The van der Waals surface area contributed by atoms with Crippen LogP contribution in [0.15, 0.2) is 59.4 Å². The van der Waals surface area contributed by atoms with Gasteiger partial charge < -0.3 is 4.57 Å². The molecule has 0 spiro atoms. The van der Waals surface area contributed by atoms with Gasteiger partial charge in [-0.15, -0.1) is 21.5 Å². The molecule has 0 unspecified atom stereocenters. The number of hydrogen-bond donors (Lipinski definition) is 0. The highest BCUT2D eigenvalue weighted by molar-refractivity contribution is 7.09. The molecule has 0 N–H and O–H groups in total. The molecule has 1 fully saturated rings. The Morgan fingerprint density at radius 3 is 2.70 bits per heavy atom. The standard InChI is InChI=1S/C28H26F3N7OS/c1-35-15-33-34-26(35)25(18-4-2-5-18)19-6-3-7-20(9-19)37-13-23-21(28(29,30)31)8-17(11-38(23)27(37)39)10-36-12-22-24(14-36)40-16-32-22/h3,6-9,11,13,15-16,18,25H,2,4-5,10,12,14H2,1H3/t25-/m1/s1. The molecule has 5 heterocycles. The number of aryl methyl sites for hydroxylation is 1. The van der Waals surface area contributed by atoms with Crippen molar-refractivity contribution in [3.8, 4) is 5.69 Å². The minimum absolute atomic E-state index is 0.00976. The van der Waals surface area contributed by atoms with Gasteiger partial charge in [0.25, 0.3) is 0 Å². The first kappa shape index (κ1) is 25.2. The number of nitrogens with zero attached hydrogens (tertiary/aromatic N) is 7. The smallest absolute Gasteiger partial charge is 0.320 e. The minimum Gasteiger partial charge on any atom is -0.320 e. The first-order chi connectivity index (χ1) is 19.3. The summed E-state index contributed by atoms with van der Waals surface area (Å²) in [6, 6.07) is 8.64. The van der Waals surface area contributed by atoms with Crippen molar-refractivity contribution in [2.45, 2.75) is 51.0 Å². The molecule has 4 aromatic heterocycles. The van der Waals surface area contributed by atoms with Gasteiger partial charge in [-0.25, -0.2) is 9.78 Å². The molecule has 7 rings (SSSR count). The lowest BCUT2D eigenvalue weighted by molar-refractivity contribution is -0.136. The number of alkyl halides is 3. The Morgan fingerprint density at radius 1 is 1.15 bits per heavy atom. The van der Waals surface area contributed by atoms with E-state index in [0.717, 1.165) is 51.7 Å². The van der Waals surface area contributed by atoms with Crippen LogP contribution in [-0.2, 0) is 32.9 Å². The third kappa shape index (κ3) is 4.26. The van der Waals surface area contributed by atoms with E-state index in [9.17, 15) is 18.0 Å². The van der Waals surface area contributed by atoms with Gasteiger partial charge in [-0.1, -0.05) is 18.6 Å². The predicted octanol–water partition coefficient (Wildman–Crippen LogP) is 5.14. The molecule has 1 saturated carbocycles. The van der Waals surface area contributed by atoms with Crippen LogP contribution in [0.25, 0.3) is 11.2 Å². The summed E-state index contributed by atoms with van der Waals surface area (Å²) >= 11 is 1.55. The number of benzene rings is 1. The number of halogens is 3. The van der Waals surface area contributed by atoms with Gasteiger partial charge in [-0.3, -0.25) is 13.9 Å². The van der Waals surface area contributed by atoms with Crippen LogP contribution in [0.5, 0.6) is 0 Å². The van der Waals surface area contributed by atoms with E-state index in [0.29, 0.717) is 30.3 Å². The van der Waals surface area contributed by atoms with E-state index in [1.165, 1.54) is 17.0 Å². The van der Waals surface area contributed by atoms with Gasteiger partial charge >= 0.3 is 11.9 Å². The van der Waals surface area contributed by atoms with E-state index in [2.05, 4.69) is 15.2 Å². The molecule has 0 saturated heterocycles. The third-order valence-corrected chi connectivity index (χ3v) is 9.01. The summed E-state index contributed by atoms with van der Waals surface area (Å²) < 4.78 is 47.1. The molecular weight excluding hydrogens is 539 g/mol. The van der Waals surface area contributed by atoms with Crippen molar-refractivity contribution in [2.24, 2.45) is 13.0 Å². The van der Waals surface area contributed by atoms with Gasteiger partial charge in [-0.2, -0.15) is 13.2 Å². The summed E-state index contributed by atoms with van der Waals surface area (Å²) in [5.74, 6) is 1.23. The van der Waals surface area contributed by atoms with Crippen LogP contribution in [0.4, 0.5) is 13.2 Å². The van der Waals surface area contributed by atoms with Crippen LogP contribution >= 0.6 is 11.3 Å². The monoisotopic (exact) mass is 565 g/mol. The van der Waals surface area contributed by atoms with Crippen molar-refractivity contribution in [1.29, 1.82) is 0 Å². The minimum atomic E-state index is -4.62. The maximum absolute atomic E-state index is 14.3. The first-order valence-electron chi connectivity index (χ1n) is 13.2. The molecule has 1 aromatic carbocycles. The number of pyridine rings is 1. The zero-order valence-corrected chi connectivity index (χ0v) is 22.5. The van der Waals surface area contributed by atoms with Crippen LogP contribution in [-0.4, -0.2) is 33.6 Å². The molecule has 5 aromatic rings. The molecule has 2 aliphatic rings. The number of imidazole rings is 1. The summed E-state index contributed by atoms with van der Waals surface area (Å²) in [7, 11) is 1.91. The van der Waals surface area contributed by atoms with Gasteiger partial charge in [0.15, 0.2) is 0 Å². The zero-order valence-electron chi connectivity index (χ0n) is 21.7. The topological polar surface area (TPSA) is 73.2 Å². The van der Waals surface area contributed by atoms with Gasteiger partial charge in [0, 0.05) is 49.9 Å².